The smallest absolute Gasteiger partial charge is 0.282 e. The van der Waals surface area contributed by atoms with Gasteiger partial charge in [-0.05, 0) is 54.6 Å². The number of benzene rings is 3. The number of hydrogen-bond donors (Lipinski definition) is 1. The fourth-order valence-electron chi connectivity index (χ4n) is 2.76. The third kappa shape index (κ3) is 5.88. The van der Waals surface area contributed by atoms with Crippen LogP contribution >= 0.6 is 23.4 Å². The number of ether oxygens (including phenoxy) is 1. The Morgan fingerprint density at radius 3 is 2.39 bits per heavy atom. The third-order valence-corrected chi connectivity index (χ3v) is 5.32. The number of nitro groups is 1. The van der Waals surface area contributed by atoms with Crippen molar-refractivity contribution in [2.75, 3.05) is 11.1 Å². The van der Waals surface area contributed by atoms with Crippen LogP contribution in [-0.4, -0.2) is 26.8 Å². The summed E-state index contributed by atoms with van der Waals surface area (Å²) >= 11 is 6.89. The molecule has 33 heavy (non-hydrogen) atoms. The number of nitrogens with one attached hydrogen (secondary N) is 1. The highest BCUT2D eigenvalue weighted by Crippen LogP contribution is 2.30. The van der Waals surface area contributed by atoms with E-state index in [-0.39, 0.29) is 34.0 Å². The number of aromatic nitrogens is 2. The maximum atomic E-state index is 12.3. The molecule has 0 aliphatic rings. The number of para-hydroxylation sites is 1. The Morgan fingerprint density at radius 2 is 1.70 bits per heavy atom. The monoisotopic (exact) mass is 482 g/mol. The highest BCUT2D eigenvalue weighted by molar-refractivity contribution is 7.99. The van der Waals surface area contributed by atoms with Crippen molar-refractivity contribution in [2.45, 2.75) is 5.22 Å². The quantitative estimate of drug-likeness (QED) is 0.189. The lowest BCUT2D eigenvalue weighted by atomic mass is 10.2. The Bertz CT molecular complexity index is 1280. The number of amides is 1. The van der Waals surface area contributed by atoms with Crippen LogP contribution in [0.4, 0.5) is 11.4 Å². The van der Waals surface area contributed by atoms with Crippen molar-refractivity contribution in [1.29, 1.82) is 0 Å². The molecule has 0 aliphatic heterocycles. The van der Waals surface area contributed by atoms with Crippen molar-refractivity contribution in [3.63, 3.8) is 0 Å². The first-order valence-corrected chi connectivity index (χ1v) is 10.9. The highest BCUT2D eigenvalue weighted by atomic mass is 35.5. The summed E-state index contributed by atoms with van der Waals surface area (Å²) in [7, 11) is 0. The van der Waals surface area contributed by atoms with Gasteiger partial charge in [-0.2, -0.15) is 0 Å². The van der Waals surface area contributed by atoms with Gasteiger partial charge in [0, 0.05) is 16.8 Å². The zero-order chi connectivity index (χ0) is 23.2. The number of carbonyl (C=O) groups is 1. The van der Waals surface area contributed by atoms with Gasteiger partial charge in [-0.1, -0.05) is 35.5 Å². The van der Waals surface area contributed by atoms with E-state index in [2.05, 4.69) is 15.5 Å². The molecule has 4 rings (SSSR count). The van der Waals surface area contributed by atoms with Crippen molar-refractivity contribution in [1.82, 2.24) is 10.2 Å². The van der Waals surface area contributed by atoms with Crippen LogP contribution in [0.1, 0.15) is 0 Å². The van der Waals surface area contributed by atoms with E-state index >= 15 is 0 Å². The van der Waals surface area contributed by atoms with Crippen LogP contribution in [0.2, 0.25) is 5.02 Å². The molecule has 0 fully saturated rings. The molecular weight excluding hydrogens is 468 g/mol. The van der Waals surface area contributed by atoms with Crippen molar-refractivity contribution in [2.24, 2.45) is 0 Å². The van der Waals surface area contributed by atoms with Crippen LogP contribution in [-0.2, 0) is 4.79 Å². The lowest BCUT2D eigenvalue weighted by Gasteiger charge is -2.08. The molecule has 166 valence electrons. The lowest BCUT2D eigenvalue weighted by Crippen LogP contribution is -2.13. The van der Waals surface area contributed by atoms with E-state index in [1.54, 1.807) is 60.7 Å². The largest absolute Gasteiger partial charge is 0.457 e. The Balaban J connectivity index is 1.31. The Labute approximate surface area is 196 Å². The minimum atomic E-state index is -0.522. The minimum Gasteiger partial charge on any atom is -0.457 e. The van der Waals surface area contributed by atoms with Gasteiger partial charge in [-0.25, -0.2) is 0 Å². The second-order valence-electron chi connectivity index (χ2n) is 6.56. The van der Waals surface area contributed by atoms with Crippen LogP contribution in [0.25, 0.3) is 11.5 Å². The SMILES string of the molecule is O=C(CSc1nnc(-c2ccccc2[N+](=O)[O-])o1)Nc1ccc(Oc2ccc(Cl)cc2)cc1. The first-order chi connectivity index (χ1) is 16.0. The van der Waals surface area contributed by atoms with Gasteiger partial charge >= 0.3 is 0 Å². The number of carbonyl (C=O) groups excluding carboxylic acids is 1. The number of rotatable bonds is 8. The molecule has 0 spiro atoms. The molecule has 0 bridgehead atoms. The van der Waals surface area contributed by atoms with Crippen molar-refractivity contribution < 1.29 is 18.9 Å². The van der Waals surface area contributed by atoms with Gasteiger partial charge in [0.05, 0.1) is 10.7 Å². The fourth-order valence-corrected chi connectivity index (χ4v) is 3.45. The zero-order valence-corrected chi connectivity index (χ0v) is 18.4. The second-order valence-corrected chi connectivity index (χ2v) is 7.93. The van der Waals surface area contributed by atoms with Crippen LogP contribution in [0.15, 0.2) is 82.4 Å². The number of thioether (sulfide) groups is 1. The Morgan fingerprint density at radius 1 is 1.03 bits per heavy atom. The van der Waals surface area contributed by atoms with Crippen molar-refractivity contribution in [3.05, 3.63) is 87.9 Å². The molecule has 0 unspecified atom stereocenters. The Kier molecular flexibility index (Phi) is 6.86. The van der Waals surface area contributed by atoms with Gasteiger partial charge in [0.25, 0.3) is 16.8 Å². The zero-order valence-electron chi connectivity index (χ0n) is 16.8. The minimum absolute atomic E-state index is 0.0153. The molecule has 0 radical (unpaired) electrons. The molecule has 11 heteroatoms. The molecule has 1 amide bonds. The van der Waals surface area contributed by atoms with E-state index in [0.29, 0.717) is 22.2 Å². The number of nitro benzene ring substituents is 1. The highest BCUT2D eigenvalue weighted by Gasteiger charge is 2.20. The number of anilines is 1. The summed E-state index contributed by atoms with van der Waals surface area (Å²) < 4.78 is 11.2. The average Bonchev–Trinajstić information content (AvgIpc) is 3.29. The van der Waals surface area contributed by atoms with Gasteiger partial charge in [0.15, 0.2) is 0 Å². The molecule has 1 aromatic heterocycles. The number of halogens is 1. The molecule has 1 N–H and O–H groups in total. The molecule has 0 aliphatic carbocycles. The summed E-state index contributed by atoms with van der Waals surface area (Å²) in [6.07, 6.45) is 0. The summed E-state index contributed by atoms with van der Waals surface area (Å²) in [4.78, 5) is 22.9. The van der Waals surface area contributed by atoms with E-state index in [0.717, 1.165) is 11.8 Å². The molecule has 3 aromatic carbocycles. The average molecular weight is 483 g/mol. The normalized spacial score (nSPS) is 10.6. The molecule has 1 heterocycles. The summed E-state index contributed by atoms with van der Waals surface area (Å²) in [6.45, 7) is 0. The maximum Gasteiger partial charge on any atom is 0.282 e. The number of hydrogen-bond acceptors (Lipinski definition) is 8. The number of nitrogens with zero attached hydrogens (tertiary/aromatic N) is 3. The first-order valence-electron chi connectivity index (χ1n) is 9.51. The third-order valence-electron chi connectivity index (χ3n) is 4.25. The summed E-state index contributed by atoms with van der Waals surface area (Å²) in [5, 5.41) is 22.4. The first kappa shape index (κ1) is 22.3. The van der Waals surface area contributed by atoms with Crippen LogP contribution < -0.4 is 10.1 Å². The topological polar surface area (TPSA) is 120 Å². The van der Waals surface area contributed by atoms with Gasteiger partial charge < -0.3 is 14.5 Å². The molecule has 0 atom stereocenters. The Hall–Kier alpha value is -3.89. The molecule has 0 saturated carbocycles. The van der Waals surface area contributed by atoms with E-state index in [9.17, 15) is 14.9 Å². The van der Waals surface area contributed by atoms with E-state index < -0.39 is 4.92 Å². The van der Waals surface area contributed by atoms with Crippen LogP contribution in [0, 0.1) is 10.1 Å². The predicted octanol–water partition coefficient (Wildman–Crippen LogP) is 5.82. The second kappa shape index (κ2) is 10.2. The van der Waals surface area contributed by atoms with E-state index in [4.69, 9.17) is 20.8 Å². The van der Waals surface area contributed by atoms with Crippen LogP contribution in [0.3, 0.4) is 0 Å². The van der Waals surface area contributed by atoms with Crippen LogP contribution in [0.5, 0.6) is 11.5 Å². The predicted molar refractivity (Wildman–Crippen MR) is 124 cm³/mol. The van der Waals surface area contributed by atoms with Crippen molar-refractivity contribution >= 4 is 40.6 Å². The maximum absolute atomic E-state index is 12.3. The molecular formula is C22H15ClN4O5S. The fraction of sp³-hybridized carbons (Fsp3) is 0.0455. The molecule has 9 nitrogen and oxygen atoms in total. The van der Waals surface area contributed by atoms with Gasteiger partial charge in [-0.3, -0.25) is 14.9 Å². The summed E-state index contributed by atoms with van der Waals surface area (Å²) in [5.74, 6) is 1.00. The molecule has 4 aromatic rings. The summed E-state index contributed by atoms with van der Waals surface area (Å²) in [6, 6.07) is 19.9. The standard InChI is InChI=1S/C22H15ClN4O5S/c23-14-5-9-16(10-6-14)31-17-11-7-15(8-12-17)24-20(28)13-33-22-26-25-21(32-22)18-3-1-2-4-19(18)27(29)30/h1-12H,13H2,(H,24,28). The lowest BCUT2D eigenvalue weighted by molar-refractivity contribution is -0.384. The summed E-state index contributed by atoms with van der Waals surface area (Å²) in [5.41, 5.74) is 0.668. The van der Waals surface area contributed by atoms with E-state index in [1.807, 2.05) is 0 Å². The van der Waals surface area contributed by atoms with Gasteiger partial charge in [0.2, 0.25) is 5.91 Å². The van der Waals surface area contributed by atoms with Gasteiger partial charge in [-0.15, -0.1) is 10.2 Å². The van der Waals surface area contributed by atoms with Crippen molar-refractivity contribution in [3.8, 4) is 23.0 Å². The van der Waals surface area contributed by atoms with E-state index in [1.165, 1.54) is 12.1 Å². The van der Waals surface area contributed by atoms with Gasteiger partial charge in [0.1, 0.15) is 17.1 Å². The molecule has 0 saturated heterocycles.